The minimum Gasteiger partial charge on any atom is -0.393 e. The predicted molar refractivity (Wildman–Crippen MR) is 137 cm³/mol. The summed E-state index contributed by atoms with van der Waals surface area (Å²) in [7, 11) is -4.67. The Morgan fingerprint density at radius 1 is 0.757 bits per heavy atom. The Hall–Kier alpha value is -1.03. The van der Waals surface area contributed by atoms with Crippen molar-refractivity contribution in [3.8, 4) is 0 Å². The van der Waals surface area contributed by atoms with Gasteiger partial charge in [-0.3, -0.25) is 28.3 Å². The summed E-state index contributed by atoms with van der Waals surface area (Å²) in [6.07, 6.45) is 4.83. The molecule has 0 aliphatic carbocycles. The molecule has 14 heteroatoms. The van der Waals surface area contributed by atoms with Crippen molar-refractivity contribution >= 4 is 56.1 Å². The first kappa shape index (κ1) is 32.2. The van der Waals surface area contributed by atoms with Gasteiger partial charge in [0.1, 0.15) is 0 Å². The van der Waals surface area contributed by atoms with Gasteiger partial charge in [0.2, 0.25) is 0 Å². The Labute approximate surface area is 226 Å². The number of hydrogen-bond donors (Lipinski definition) is 2. The molecule has 0 spiro atoms. The molecule has 5 aliphatic rings. The molecule has 0 aromatic heterocycles. The SMILES string of the molecule is CCC.CCSC(=O)C1C2CCC(O2)C1C(=O)SCC.O=C1OC(=O)C2C3CCC(O3)C12.O=S(=O)(O)O. The molecule has 5 fully saturated rings. The molecular weight excluding hydrogens is 548 g/mol. The Morgan fingerprint density at radius 2 is 1.05 bits per heavy atom. The quantitative estimate of drug-likeness (QED) is 0.281. The lowest BCUT2D eigenvalue weighted by molar-refractivity contribution is -0.156. The summed E-state index contributed by atoms with van der Waals surface area (Å²) < 4.78 is 47.4. The van der Waals surface area contributed by atoms with E-state index >= 15 is 0 Å². The maximum Gasteiger partial charge on any atom is 0.394 e. The van der Waals surface area contributed by atoms with Gasteiger partial charge in [0.25, 0.3) is 0 Å². The minimum absolute atomic E-state index is 0.00189. The van der Waals surface area contributed by atoms with Crippen molar-refractivity contribution in [2.45, 2.75) is 84.2 Å². The highest BCUT2D eigenvalue weighted by atomic mass is 32.3. The summed E-state index contributed by atoms with van der Waals surface area (Å²) in [5.74, 6) is -0.152. The highest BCUT2D eigenvalue weighted by Gasteiger charge is 2.61. The zero-order chi connectivity index (χ0) is 27.9. The molecule has 5 rings (SSSR count). The molecule has 5 heterocycles. The molecule has 8 atom stereocenters. The highest BCUT2D eigenvalue weighted by molar-refractivity contribution is 8.14. The molecule has 212 valence electrons. The first-order valence-electron chi connectivity index (χ1n) is 12.5. The number of carbonyl (C=O) groups excluding carboxylic acids is 4. The molecule has 0 amide bonds. The Bertz CT molecular complexity index is 874. The topological polar surface area (TPSA) is 171 Å². The van der Waals surface area contributed by atoms with E-state index in [9.17, 15) is 19.2 Å². The third kappa shape index (κ3) is 8.48. The van der Waals surface area contributed by atoms with Gasteiger partial charge in [0.15, 0.2) is 10.2 Å². The molecule has 4 bridgehead atoms. The fourth-order valence-electron chi connectivity index (χ4n) is 5.27. The van der Waals surface area contributed by atoms with Crippen LogP contribution < -0.4 is 0 Å². The normalized spacial score (nSPS) is 34.3. The third-order valence-electron chi connectivity index (χ3n) is 6.41. The van der Waals surface area contributed by atoms with E-state index in [1.807, 2.05) is 13.8 Å². The van der Waals surface area contributed by atoms with E-state index < -0.39 is 10.4 Å². The molecule has 11 nitrogen and oxygen atoms in total. The van der Waals surface area contributed by atoms with Crippen molar-refractivity contribution in [1.29, 1.82) is 0 Å². The van der Waals surface area contributed by atoms with Crippen LogP contribution in [0.2, 0.25) is 0 Å². The van der Waals surface area contributed by atoms with Crippen LogP contribution in [0.25, 0.3) is 0 Å². The number of hydrogen-bond acceptors (Lipinski definition) is 11. The third-order valence-corrected chi connectivity index (χ3v) is 8.10. The fraction of sp³-hybridized carbons (Fsp3) is 0.826. The minimum atomic E-state index is -4.67. The molecule has 0 saturated carbocycles. The Kier molecular flexibility index (Phi) is 12.5. The summed E-state index contributed by atoms with van der Waals surface area (Å²) in [5, 5.41) is 0.296. The summed E-state index contributed by atoms with van der Waals surface area (Å²) in [5.41, 5.74) is 0. The molecule has 37 heavy (non-hydrogen) atoms. The summed E-state index contributed by atoms with van der Waals surface area (Å²) in [4.78, 5) is 46.4. The van der Waals surface area contributed by atoms with Crippen LogP contribution in [0.3, 0.4) is 0 Å². The van der Waals surface area contributed by atoms with E-state index in [1.54, 1.807) is 0 Å². The van der Waals surface area contributed by atoms with Gasteiger partial charge in [-0.15, -0.1) is 0 Å². The van der Waals surface area contributed by atoms with E-state index in [0.29, 0.717) is 0 Å². The average molecular weight is 585 g/mol. The zero-order valence-corrected chi connectivity index (χ0v) is 23.8. The lowest BCUT2D eigenvalue weighted by Gasteiger charge is -2.24. The molecule has 0 aromatic rings. The van der Waals surface area contributed by atoms with Gasteiger partial charge < -0.3 is 14.2 Å². The van der Waals surface area contributed by atoms with E-state index in [-0.39, 0.29) is 70.3 Å². The first-order valence-corrected chi connectivity index (χ1v) is 15.8. The predicted octanol–water partition coefficient (Wildman–Crippen LogP) is 2.97. The number of ether oxygens (including phenoxy) is 3. The molecule has 0 radical (unpaired) electrons. The van der Waals surface area contributed by atoms with Crippen molar-refractivity contribution in [3.63, 3.8) is 0 Å². The smallest absolute Gasteiger partial charge is 0.393 e. The standard InChI is InChI=1S/C12H18O3S2.C8H8O4.C3H8.H2O4S/c1-3-16-11(13)9-7-5-6-8(15-7)10(9)12(14)17-4-2;9-7-5-3-1-2-4(11-3)6(5)8(10)12-7;1-3-2;1-5(2,3)4/h7-10H,3-6H2,1-2H3;3-6H,1-2H2;3H2,1-2H3;(H2,1,2,3,4). The van der Waals surface area contributed by atoms with Gasteiger partial charge in [-0.1, -0.05) is 57.6 Å². The second-order valence-electron chi connectivity index (χ2n) is 9.08. The van der Waals surface area contributed by atoms with E-state index in [1.165, 1.54) is 29.9 Å². The van der Waals surface area contributed by atoms with E-state index in [4.69, 9.17) is 27.0 Å². The molecule has 5 aliphatic heterocycles. The summed E-state index contributed by atoms with van der Waals surface area (Å²) in [6.45, 7) is 8.18. The van der Waals surface area contributed by atoms with E-state index in [0.717, 1.165) is 37.2 Å². The maximum absolute atomic E-state index is 12.1. The fourth-order valence-corrected chi connectivity index (χ4v) is 6.82. The lowest BCUT2D eigenvalue weighted by atomic mass is 9.81. The number of thioether (sulfide) groups is 2. The van der Waals surface area contributed by atoms with Crippen LogP contribution in [-0.4, -0.2) is 75.6 Å². The van der Waals surface area contributed by atoms with Crippen molar-refractivity contribution in [3.05, 3.63) is 0 Å². The van der Waals surface area contributed by atoms with Crippen molar-refractivity contribution < 1.29 is 50.9 Å². The van der Waals surface area contributed by atoms with Gasteiger partial charge in [0, 0.05) is 0 Å². The molecule has 5 saturated heterocycles. The first-order chi connectivity index (χ1) is 17.4. The zero-order valence-electron chi connectivity index (χ0n) is 21.4. The number of cyclic esters (lactones) is 2. The van der Waals surface area contributed by atoms with Crippen molar-refractivity contribution in [2.24, 2.45) is 23.7 Å². The molecule has 2 N–H and O–H groups in total. The number of carbonyl (C=O) groups is 4. The number of fused-ring (bicyclic) bond motifs is 7. The number of rotatable bonds is 4. The van der Waals surface area contributed by atoms with Crippen LogP contribution in [0.1, 0.15) is 59.8 Å². The van der Waals surface area contributed by atoms with Crippen molar-refractivity contribution in [1.82, 2.24) is 0 Å². The van der Waals surface area contributed by atoms with Crippen LogP contribution in [0, 0.1) is 23.7 Å². The Balaban J connectivity index is 0.000000208. The van der Waals surface area contributed by atoms with Gasteiger partial charge >= 0.3 is 22.3 Å². The van der Waals surface area contributed by atoms with Crippen LogP contribution >= 0.6 is 23.5 Å². The molecule has 8 unspecified atom stereocenters. The Morgan fingerprint density at radius 3 is 1.38 bits per heavy atom. The summed E-state index contributed by atoms with van der Waals surface area (Å²) in [6, 6.07) is 0. The summed E-state index contributed by atoms with van der Waals surface area (Å²) >= 11 is 2.65. The molecule has 0 aromatic carbocycles. The van der Waals surface area contributed by atoms with Gasteiger partial charge in [0.05, 0.1) is 48.1 Å². The number of esters is 2. The van der Waals surface area contributed by atoms with Gasteiger partial charge in [-0.25, -0.2) is 0 Å². The highest BCUT2D eigenvalue weighted by Crippen LogP contribution is 2.48. The van der Waals surface area contributed by atoms with Crippen LogP contribution in [0.5, 0.6) is 0 Å². The van der Waals surface area contributed by atoms with Crippen LogP contribution in [0.15, 0.2) is 0 Å². The largest absolute Gasteiger partial charge is 0.394 e. The second kappa shape index (κ2) is 14.4. The maximum atomic E-state index is 12.1. The average Bonchev–Trinajstić information content (AvgIpc) is 3.61. The van der Waals surface area contributed by atoms with Crippen LogP contribution in [0.4, 0.5) is 0 Å². The van der Waals surface area contributed by atoms with Gasteiger partial charge in [-0.05, 0) is 37.2 Å². The monoisotopic (exact) mass is 584 g/mol. The lowest BCUT2D eigenvalue weighted by Crippen LogP contribution is -2.36. The molecular formula is C23H36O11S3. The van der Waals surface area contributed by atoms with Gasteiger partial charge in [-0.2, -0.15) is 8.42 Å². The van der Waals surface area contributed by atoms with Crippen molar-refractivity contribution in [2.75, 3.05) is 11.5 Å². The van der Waals surface area contributed by atoms with E-state index in [2.05, 4.69) is 18.6 Å². The second-order valence-corrected chi connectivity index (χ2v) is 12.5. The van der Waals surface area contributed by atoms with Crippen LogP contribution in [-0.2, 0) is 43.8 Å².